The maximum atomic E-state index is 11.8. The lowest BCUT2D eigenvalue weighted by atomic mass is 10.0. The molecule has 0 spiro atoms. The van der Waals surface area contributed by atoms with E-state index in [-0.39, 0.29) is 12.5 Å². The zero-order valence-electron chi connectivity index (χ0n) is 13.4. The average Bonchev–Trinajstić information content (AvgIpc) is 3.24. The lowest BCUT2D eigenvalue weighted by Gasteiger charge is -2.21. The number of carbonyl (C=O) groups is 1. The van der Waals surface area contributed by atoms with E-state index in [4.69, 9.17) is 4.52 Å². The number of hydrogen-bond acceptors (Lipinski definition) is 7. The molecule has 0 radical (unpaired) electrons. The minimum Gasteiger partial charge on any atom is -0.387 e. The monoisotopic (exact) mass is 331 g/mol. The Morgan fingerprint density at radius 1 is 1.50 bits per heavy atom. The molecular weight excluding hydrogens is 310 g/mol. The van der Waals surface area contributed by atoms with Gasteiger partial charge in [-0.15, -0.1) is 0 Å². The van der Waals surface area contributed by atoms with Gasteiger partial charge in [-0.3, -0.25) is 9.78 Å². The zero-order chi connectivity index (χ0) is 16.8. The Morgan fingerprint density at radius 2 is 2.42 bits per heavy atom. The summed E-state index contributed by atoms with van der Waals surface area (Å²) in [5.41, 5.74) is -0.0236. The summed E-state index contributed by atoms with van der Waals surface area (Å²) in [6.45, 7) is 1.58. The van der Waals surface area contributed by atoms with Crippen molar-refractivity contribution in [3.8, 4) is 11.4 Å². The second kappa shape index (κ2) is 7.50. The van der Waals surface area contributed by atoms with Gasteiger partial charge < -0.3 is 20.3 Å². The fraction of sp³-hybridized carbons (Fsp3) is 0.500. The van der Waals surface area contributed by atoms with Crippen molar-refractivity contribution in [1.29, 1.82) is 0 Å². The lowest BCUT2D eigenvalue weighted by Crippen LogP contribution is -2.44. The van der Waals surface area contributed by atoms with Crippen molar-refractivity contribution in [2.75, 3.05) is 19.6 Å². The molecule has 3 N–H and O–H groups in total. The third-order valence-corrected chi connectivity index (χ3v) is 4.02. The largest absolute Gasteiger partial charge is 0.387 e. The van der Waals surface area contributed by atoms with E-state index in [0.29, 0.717) is 43.9 Å². The number of hydrogen-bond donors (Lipinski definition) is 3. The molecule has 24 heavy (non-hydrogen) atoms. The highest BCUT2D eigenvalue weighted by Gasteiger charge is 2.31. The van der Waals surface area contributed by atoms with Crippen LogP contribution >= 0.6 is 0 Å². The van der Waals surface area contributed by atoms with Gasteiger partial charge in [0.1, 0.15) is 0 Å². The molecule has 1 fully saturated rings. The summed E-state index contributed by atoms with van der Waals surface area (Å²) >= 11 is 0. The molecule has 0 aromatic carbocycles. The summed E-state index contributed by atoms with van der Waals surface area (Å²) in [4.78, 5) is 20.2. The number of nitrogens with zero attached hydrogens (tertiary/aromatic N) is 3. The van der Waals surface area contributed by atoms with Crippen LogP contribution in [0.5, 0.6) is 0 Å². The molecule has 1 aliphatic rings. The molecule has 1 saturated heterocycles. The van der Waals surface area contributed by atoms with Gasteiger partial charge in [-0.25, -0.2) is 0 Å². The summed E-state index contributed by atoms with van der Waals surface area (Å²) in [5.74, 6) is 0.918. The van der Waals surface area contributed by atoms with Crippen LogP contribution in [-0.2, 0) is 11.2 Å². The summed E-state index contributed by atoms with van der Waals surface area (Å²) in [5, 5.41) is 19.9. The molecule has 2 aromatic rings. The van der Waals surface area contributed by atoms with E-state index in [9.17, 15) is 9.90 Å². The van der Waals surface area contributed by atoms with Crippen molar-refractivity contribution in [2.24, 2.45) is 0 Å². The van der Waals surface area contributed by atoms with Crippen LogP contribution in [-0.4, -0.2) is 51.4 Å². The Labute approximate surface area is 139 Å². The fourth-order valence-electron chi connectivity index (χ4n) is 2.60. The third-order valence-electron chi connectivity index (χ3n) is 4.02. The first kappa shape index (κ1) is 16.5. The van der Waals surface area contributed by atoms with Gasteiger partial charge in [0.25, 0.3) is 0 Å². The van der Waals surface area contributed by atoms with E-state index in [1.165, 1.54) is 0 Å². The molecule has 1 unspecified atom stereocenters. The van der Waals surface area contributed by atoms with Gasteiger partial charge in [-0.1, -0.05) is 5.16 Å². The summed E-state index contributed by atoms with van der Waals surface area (Å²) in [6.07, 6.45) is 5.51. The SMILES string of the molecule is O=C(CCCc1nc(-c2cccnc2)no1)NCC1(O)CCNC1. The Hall–Kier alpha value is -2.32. The van der Waals surface area contributed by atoms with Crippen LogP contribution in [0.2, 0.25) is 0 Å². The second-order valence-corrected chi connectivity index (χ2v) is 6.03. The number of aliphatic hydroxyl groups is 1. The fourth-order valence-corrected chi connectivity index (χ4v) is 2.60. The zero-order valence-corrected chi connectivity index (χ0v) is 13.4. The van der Waals surface area contributed by atoms with Gasteiger partial charge in [-0.2, -0.15) is 4.98 Å². The number of aryl methyl sites for hydroxylation is 1. The van der Waals surface area contributed by atoms with Crippen molar-refractivity contribution in [3.05, 3.63) is 30.4 Å². The first-order valence-corrected chi connectivity index (χ1v) is 8.07. The number of amides is 1. The molecule has 0 aliphatic carbocycles. The molecule has 128 valence electrons. The van der Waals surface area contributed by atoms with Gasteiger partial charge >= 0.3 is 0 Å². The Balaban J connectivity index is 1.40. The lowest BCUT2D eigenvalue weighted by molar-refractivity contribution is -0.122. The van der Waals surface area contributed by atoms with E-state index in [1.807, 2.05) is 12.1 Å². The number of β-amino-alcohol motifs (C(OH)–C–C–N with tert-alkyl or cyclic N) is 1. The number of nitrogens with one attached hydrogen (secondary N) is 2. The van der Waals surface area contributed by atoms with Crippen LogP contribution in [0.1, 0.15) is 25.2 Å². The van der Waals surface area contributed by atoms with Gasteiger partial charge in [-0.05, 0) is 31.5 Å². The minimum absolute atomic E-state index is 0.0812. The topological polar surface area (TPSA) is 113 Å². The predicted octanol–water partition coefficient (Wildman–Crippen LogP) is 0.295. The van der Waals surface area contributed by atoms with E-state index in [0.717, 1.165) is 12.1 Å². The molecule has 1 atom stereocenters. The van der Waals surface area contributed by atoms with Gasteiger partial charge in [0.05, 0.1) is 5.60 Å². The van der Waals surface area contributed by atoms with Crippen LogP contribution < -0.4 is 10.6 Å². The van der Waals surface area contributed by atoms with Gasteiger partial charge in [0.2, 0.25) is 17.6 Å². The van der Waals surface area contributed by atoms with E-state index in [2.05, 4.69) is 25.8 Å². The molecule has 1 amide bonds. The van der Waals surface area contributed by atoms with Gasteiger partial charge in [0.15, 0.2) is 0 Å². The van der Waals surface area contributed by atoms with Crippen LogP contribution in [0, 0.1) is 0 Å². The van der Waals surface area contributed by atoms with Crippen LogP contribution in [0.15, 0.2) is 29.0 Å². The van der Waals surface area contributed by atoms with Crippen molar-refractivity contribution >= 4 is 5.91 Å². The number of carbonyl (C=O) groups excluding carboxylic acids is 1. The highest BCUT2D eigenvalue weighted by Crippen LogP contribution is 2.15. The minimum atomic E-state index is -0.819. The number of pyridine rings is 1. The Bertz CT molecular complexity index is 667. The average molecular weight is 331 g/mol. The van der Waals surface area contributed by atoms with Crippen molar-refractivity contribution in [3.63, 3.8) is 0 Å². The molecule has 3 heterocycles. The van der Waals surface area contributed by atoms with Gasteiger partial charge in [0, 0.05) is 43.9 Å². The Morgan fingerprint density at radius 3 is 3.17 bits per heavy atom. The first-order valence-electron chi connectivity index (χ1n) is 8.07. The summed E-state index contributed by atoms with van der Waals surface area (Å²) in [7, 11) is 0. The quantitative estimate of drug-likeness (QED) is 0.668. The molecule has 8 heteroatoms. The van der Waals surface area contributed by atoms with Crippen molar-refractivity contribution in [1.82, 2.24) is 25.8 Å². The van der Waals surface area contributed by atoms with Crippen molar-refractivity contribution in [2.45, 2.75) is 31.3 Å². The number of rotatable bonds is 7. The maximum Gasteiger partial charge on any atom is 0.226 e. The second-order valence-electron chi connectivity index (χ2n) is 6.03. The van der Waals surface area contributed by atoms with Crippen LogP contribution in [0.3, 0.4) is 0 Å². The van der Waals surface area contributed by atoms with E-state index >= 15 is 0 Å². The summed E-state index contributed by atoms with van der Waals surface area (Å²) < 4.78 is 5.19. The molecule has 3 rings (SSSR count). The number of aromatic nitrogens is 3. The maximum absolute atomic E-state index is 11.8. The molecule has 0 bridgehead atoms. The smallest absolute Gasteiger partial charge is 0.226 e. The molecule has 1 aliphatic heterocycles. The molecule has 0 saturated carbocycles. The van der Waals surface area contributed by atoms with E-state index in [1.54, 1.807) is 12.4 Å². The Kier molecular flexibility index (Phi) is 5.17. The molecule has 2 aromatic heterocycles. The predicted molar refractivity (Wildman–Crippen MR) is 85.9 cm³/mol. The van der Waals surface area contributed by atoms with Crippen molar-refractivity contribution < 1.29 is 14.4 Å². The van der Waals surface area contributed by atoms with E-state index < -0.39 is 5.60 Å². The van der Waals surface area contributed by atoms with Crippen LogP contribution in [0.25, 0.3) is 11.4 Å². The normalized spacial score (nSPS) is 20.2. The summed E-state index contributed by atoms with van der Waals surface area (Å²) in [6, 6.07) is 3.67. The first-order chi connectivity index (χ1) is 11.6. The third kappa shape index (κ3) is 4.36. The molecular formula is C16H21N5O3. The highest BCUT2D eigenvalue weighted by molar-refractivity contribution is 5.75. The molecule has 8 nitrogen and oxygen atoms in total. The standard InChI is InChI=1S/C16H21N5O3/c22-13(19-11-16(23)6-8-18-10-16)4-1-5-14-20-15(21-24-14)12-3-2-7-17-9-12/h2-3,7,9,18,23H,1,4-6,8,10-11H2,(H,19,22). The van der Waals surface area contributed by atoms with Crippen LogP contribution in [0.4, 0.5) is 0 Å². The highest BCUT2D eigenvalue weighted by atomic mass is 16.5.